The third kappa shape index (κ3) is 3.94. The zero-order chi connectivity index (χ0) is 20.5. The van der Waals surface area contributed by atoms with Crippen LogP contribution in [0.3, 0.4) is 0 Å². The molecule has 152 valence electrons. The first kappa shape index (κ1) is 20.1. The second-order valence-corrected chi connectivity index (χ2v) is 7.63. The fraction of sp³-hybridized carbons (Fsp3) is 0.526. The van der Waals surface area contributed by atoms with E-state index in [2.05, 4.69) is 10.6 Å². The molecule has 1 aromatic rings. The van der Waals surface area contributed by atoms with Crippen molar-refractivity contribution < 1.29 is 23.9 Å². The van der Waals surface area contributed by atoms with Gasteiger partial charge in [-0.15, -0.1) is 0 Å². The van der Waals surface area contributed by atoms with Crippen molar-refractivity contribution in [3.8, 4) is 0 Å². The molecule has 0 spiro atoms. The predicted octanol–water partition coefficient (Wildman–Crippen LogP) is 0.460. The molecule has 2 aliphatic rings. The van der Waals surface area contributed by atoms with E-state index >= 15 is 0 Å². The Bertz CT molecular complexity index is 789. The summed E-state index contributed by atoms with van der Waals surface area (Å²) in [5.74, 6) is -1.88. The van der Waals surface area contributed by atoms with Gasteiger partial charge in [0.05, 0.1) is 12.5 Å². The van der Waals surface area contributed by atoms with Gasteiger partial charge in [-0.3, -0.25) is 14.9 Å². The monoisotopic (exact) mass is 392 g/mol. The molecule has 4 amide bonds. The number of hydrogen-bond acceptors (Lipinski definition) is 5. The van der Waals surface area contributed by atoms with Crippen molar-refractivity contribution >= 4 is 23.5 Å². The molecule has 8 nitrogen and oxygen atoms in total. The Morgan fingerprint density at radius 2 is 2.14 bits per heavy atom. The molecule has 0 aliphatic carbocycles. The lowest BCUT2D eigenvalue weighted by Gasteiger charge is -2.42. The number of imide groups is 1. The highest BCUT2D eigenvalue weighted by molar-refractivity contribution is 6.07. The van der Waals surface area contributed by atoms with E-state index in [0.717, 1.165) is 5.69 Å². The first-order valence-electron chi connectivity index (χ1n) is 9.29. The Hall–Kier alpha value is -2.68. The fourth-order valence-electron chi connectivity index (χ4n) is 3.90. The summed E-state index contributed by atoms with van der Waals surface area (Å²) in [5, 5.41) is 14.4. The van der Waals surface area contributed by atoms with E-state index in [1.807, 2.05) is 17.9 Å². The number of urea groups is 1. The number of hydrogen-bond donors (Lipinski definition) is 3. The van der Waals surface area contributed by atoms with Gasteiger partial charge in [0.2, 0.25) is 5.91 Å². The molecule has 3 atom stereocenters. The second-order valence-electron chi connectivity index (χ2n) is 7.63. The summed E-state index contributed by atoms with van der Waals surface area (Å²) < 4.78 is 13.5. The first-order valence-corrected chi connectivity index (χ1v) is 9.29. The number of carbonyl (C=O) groups is 3. The quantitative estimate of drug-likeness (QED) is 0.632. The number of nitrogens with zero attached hydrogens (tertiary/aromatic N) is 2. The summed E-state index contributed by atoms with van der Waals surface area (Å²) in [6, 6.07) is 5.69. The second kappa shape index (κ2) is 7.75. The normalized spacial score (nSPS) is 26.1. The number of nitrogens with one attached hydrogen (secondary N) is 2. The van der Waals surface area contributed by atoms with Crippen molar-refractivity contribution in [2.75, 3.05) is 31.1 Å². The van der Waals surface area contributed by atoms with E-state index in [0.29, 0.717) is 19.6 Å². The van der Waals surface area contributed by atoms with E-state index in [1.165, 1.54) is 19.1 Å². The summed E-state index contributed by atoms with van der Waals surface area (Å²) in [6.45, 7) is 4.43. The van der Waals surface area contributed by atoms with E-state index in [-0.39, 0.29) is 24.2 Å². The molecule has 0 bridgehead atoms. The lowest BCUT2D eigenvalue weighted by atomic mass is 9.88. The van der Waals surface area contributed by atoms with Crippen LogP contribution < -0.4 is 15.5 Å². The van der Waals surface area contributed by atoms with Crippen LogP contribution in [0.15, 0.2) is 24.3 Å². The highest BCUT2D eigenvalue weighted by Crippen LogP contribution is 2.25. The van der Waals surface area contributed by atoms with Gasteiger partial charge in [-0.1, -0.05) is 6.07 Å². The maximum Gasteiger partial charge on any atom is 0.322 e. The molecule has 2 aliphatic heterocycles. The Balaban J connectivity index is 1.66. The number of rotatable bonds is 5. The molecule has 0 radical (unpaired) electrons. The number of halogens is 1. The zero-order valence-corrected chi connectivity index (χ0v) is 15.9. The smallest absolute Gasteiger partial charge is 0.322 e. The van der Waals surface area contributed by atoms with Crippen LogP contribution in [0.5, 0.6) is 0 Å². The summed E-state index contributed by atoms with van der Waals surface area (Å²) in [5.41, 5.74) is -0.467. The van der Waals surface area contributed by atoms with Gasteiger partial charge in [-0.05, 0) is 38.5 Å². The van der Waals surface area contributed by atoms with Crippen molar-refractivity contribution in [2.45, 2.75) is 31.8 Å². The van der Waals surface area contributed by atoms with Gasteiger partial charge >= 0.3 is 6.03 Å². The van der Waals surface area contributed by atoms with Gasteiger partial charge in [-0.2, -0.15) is 0 Å². The molecule has 0 saturated carbocycles. The van der Waals surface area contributed by atoms with Crippen LogP contribution in [0.25, 0.3) is 0 Å². The summed E-state index contributed by atoms with van der Waals surface area (Å²) >= 11 is 0. The van der Waals surface area contributed by atoms with Gasteiger partial charge in [-0.25, -0.2) is 9.18 Å². The Morgan fingerprint density at radius 1 is 1.39 bits per heavy atom. The van der Waals surface area contributed by atoms with Gasteiger partial charge in [0, 0.05) is 31.4 Å². The topological polar surface area (TPSA) is 102 Å². The Labute approximate surface area is 162 Å². The molecule has 0 aromatic heterocycles. The number of anilines is 1. The number of aliphatic hydroxyl groups is 1. The molecule has 2 fully saturated rings. The van der Waals surface area contributed by atoms with Crippen LogP contribution >= 0.6 is 0 Å². The van der Waals surface area contributed by atoms with E-state index < -0.39 is 30.0 Å². The SMILES string of the molecule is C[C@H]1CN(C(=O)C(CO)CC2(C)NC(=O)NC2=O)CCN1c1cccc(F)c1. The third-order valence-corrected chi connectivity index (χ3v) is 5.42. The minimum atomic E-state index is -1.23. The fourth-order valence-corrected chi connectivity index (χ4v) is 3.90. The lowest BCUT2D eigenvalue weighted by Crippen LogP contribution is -2.56. The summed E-state index contributed by atoms with van der Waals surface area (Å²) in [7, 11) is 0. The highest BCUT2D eigenvalue weighted by atomic mass is 19.1. The Morgan fingerprint density at radius 3 is 2.71 bits per heavy atom. The van der Waals surface area contributed by atoms with E-state index in [9.17, 15) is 23.9 Å². The van der Waals surface area contributed by atoms with Gasteiger partial charge in [0.15, 0.2) is 0 Å². The van der Waals surface area contributed by atoms with Crippen LogP contribution in [-0.4, -0.2) is 65.7 Å². The third-order valence-electron chi connectivity index (χ3n) is 5.42. The van der Waals surface area contributed by atoms with Crippen LogP contribution in [0.1, 0.15) is 20.3 Å². The average Bonchev–Trinajstić information content (AvgIpc) is 2.90. The zero-order valence-electron chi connectivity index (χ0n) is 15.9. The number of carbonyl (C=O) groups excluding carboxylic acids is 3. The maximum absolute atomic E-state index is 13.5. The van der Waals surface area contributed by atoms with Gasteiger partial charge < -0.3 is 20.2 Å². The minimum absolute atomic E-state index is 0.0123. The predicted molar refractivity (Wildman–Crippen MR) is 100 cm³/mol. The number of piperazine rings is 1. The van der Waals surface area contributed by atoms with Gasteiger partial charge in [0.25, 0.3) is 5.91 Å². The molecule has 28 heavy (non-hydrogen) atoms. The Kier molecular flexibility index (Phi) is 5.55. The van der Waals surface area contributed by atoms with Crippen LogP contribution in [0, 0.1) is 11.7 Å². The van der Waals surface area contributed by atoms with Crippen LogP contribution in [0.2, 0.25) is 0 Å². The van der Waals surface area contributed by atoms with E-state index in [1.54, 1.807) is 11.0 Å². The van der Waals surface area contributed by atoms with Crippen molar-refractivity contribution in [2.24, 2.45) is 5.92 Å². The molecule has 9 heteroatoms. The van der Waals surface area contributed by atoms with E-state index in [4.69, 9.17) is 0 Å². The number of benzene rings is 1. The molecule has 2 heterocycles. The summed E-state index contributed by atoms with van der Waals surface area (Å²) in [6.07, 6.45) is 0.0123. The molecule has 2 unspecified atom stereocenters. The van der Waals surface area contributed by atoms with Crippen molar-refractivity contribution in [1.82, 2.24) is 15.5 Å². The number of aliphatic hydroxyl groups excluding tert-OH is 1. The molecule has 3 N–H and O–H groups in total. The van der Waals surface area contributed by atoms with Crippen molar-refractivity contribution in [3.63, 3.8) is 0 Å². The average molecular weight is 392 g/mol. The summed E-state index contributed by atoms with van der Waals surface area (Å²) in [4.78, 5) is 40.0. The number of amides is 4. The highest BCUT2D eigenvalue weighted by Gasteiger charge is 2.45. The first-order chi connectivity index (χ1) is 13.2. The molecule has 1 aromatic carbocycles. The van der Waals surface area contributed by atoms with Gasteiger partial charge in [0.1, 0.15) is 11.4 Å². The minimum Gasteiger partial charge on any atom is -0.396 e. The lowest BCUT2D eigenvalue weighted by molar-refractivity contribution is -0.139. The standard InChI is InChI=1S/C19H25FN4O4/c1-12-10-23(6-7-24(12)15-5-3-4-14(20)8-15)16(26)13(11-25)9-19(2)17(27)21-18(28)22-19/h3-5,8,12-13,25H,6-7,9-11H2,1-2H3,(H2,21,22,27,28)/t12-,13?,19?/m0/s1. The molecule has 3 rings (SSSR count). The molecular weight excluding hydrogens is 367 g/mol. The largest absolute Gasteiger partial charge is 0.396 e. The van der Waals surface area contributed by atoms with Crippen LogP contribution in [0.4, 0.5) is 14.9 Å². The van der Waals surface area contributed by atoms with Crippen LogP contribution in [-0.2, 0) is 9.59 Å². The van der Waals surface area contributed by atoms with Crippen molar-refractivity contribution in [3.05, 3.63) is 30.1 Å². The maximum atomic E-state index is 13.5. The molecule has 2 saturated heterocycles. The van der Waals surface area contributed by atoms with Crippen molar-refractivity contribution in [1.29, 1.82) is 0 Å². The molecular formula is C19H25FN4O4.